The van der Waals surface area contributed by atoms with Crippen molar-refractivity contribution in [3.63, 3.8) is 0 Å². The van der Waals surface area contributed by atoms with Gasteiger partial charge < -0.3 is 15.4 Å². The van der Waals surface area contributed by atoms with Crippen molar-refractivity contribution in [1.29, 1.82) is 0 Å². The number of piperidine rings is 1. The topological polar surface area (TPSA) is 72.6 Å². The van der Waals surface area contributed by atoms with Crippen LogP contribution < -0.4 is 10.6 Å². The third-order valence-electron chi connectivity index (χ3n) is 6.04. The molecule has 5 heteroatoms. The van der Waals surface area contributed by atoms with Crippen LogP contribution in [0.5, 0.6) is 0 Å². The largest absolute Gasteiger partial charge is 0.462 e. The molecular weight excluding hydrogens is 376 g/mol. The van der Waals surface area contributed by atoms with Gasteiger partial charge in [-0.1, -0.05) is 31.2 Å². The van der Waals surface area contributed by atoms with E-state index in [1.54, 1.807) is 19.1 Å². The number of esters is 1. The molecule has 0 aromatic heterocycles. The molecule has 0 spiro atoms. The molecule has 1 saturated heterocycles. The summed E-state index contributed by atoms with van der Waals surface area (Å²) in [5, 5.41) is 0. The van der Waals surface area contributed by atoms with Crippen LogP contribution in [0.1, 0.15) is 72.0 Å². The number of nitrogens with zero attached hydrogens (tertiary/aromatic N) is 1. The van der Waals surface area contributed by atoms with Crippen LogP contribution in [0.25, 0.3) is 0 Å². The molecule has 160 valence electrons. The summed E-state index contributed by atoms with van der Waals surface area (Å²) in [6, 6.07) is 13.4. The van der Waals surface area contributed by atoms with Crippen LogP contribution in [0.4, 0.5) is 5.69 Å². The number of aryl methyl sites for hydroxylation is 1. The van der Waals surface area contributed by atoms with Gasteiger partial charge in [0.1, 0.15) is 0 Å². The van der Waals surface area contributed by atoms with Crippen molar-refractivity contribution in [1.82, 2.24) is 0 Å². The van der Waals surface area contributed by atoms with Crippen molar-refractivity contribution in [3.05, 3.63) is 64.7 Å². The summed E-state index contributed by atoms with van der Waals surface area (Å²) in [6.45, 7) is 8.36. The maximum absolute atomic E-state index is 12.6. The fourth-order valence-corrected chi connectivity index (χ4v) is 4.58. The zero-order chi connectivity index (χ0) is 21.7. The van der Waals surface area contributed by atoms with Crippen molar-refractivity contribution in [2.45, 2.75) is 51.9 Å². The van der Waals surface area contributed by atoms with Gasteiger partial charge >= 0.3 is 5.97 Å². The molecule has 3 rings (SSSR count). The first-order valence-electron chi connectivity index (χ1n) is 10.8. The Balaban J connectivity index is 1.96. The molecule has 1 fully saturated rings. The smallest absolute Gasteiger partial charge is 0.338 e. The SMILES string of the molecule is CCOC(=O)c1ccc(C(C(N)=O)C(C)c2c(C)cccc2N2CCCCC2)cc1. The Morgan fingerprint density at radius 3 is 2.33 bits per heavy atom. The molecule has 5 nitrogen and oxygen atoms in total. The zero-order valence-electron chi connectivity index (χ0n) is 18.2. The standard InChI is InChI=1S/C25H32N2O3/c1-4-30-25(29)20-13-11-19(12-14-20)23(24(26)28)18(3)22-17(2)9-8-10-21(22)27-15-6-5-7-16-27/h8-14,18,23H,4-7,15-16H2,1-3H3,(H2,26,28). The van der Waals surface area contributed by atoms with Crippen LogP contribution in [-0.2, 0) is 9.53 Å². The predicted molar refractivity (Wildman–Crippen MR) is 120 cm³/mol. The number of carbonyl (C=O) groups excluding carboxylic acids is 2. The normalized spacial score (nSPS) is 16.0. The number of rotatable bonds is 7. The lowest BCUT2D eigenvalue weighted by Crippen LogP contribution is -2.32. The summed E-state index contributed by atoms with van der Waals surface area (Å²) >= 11 is 0. The Bertz CT molecular complexity index is 886. The van der Waals surface area contributed by atoms with E-state index in [0.717, 1.165) is 18.7 Å². The zero-order valence-corrected chi connectivity index (χ0v) is 18.2. The Morgan fingerprint density at radius 1 is 1.07 bits per heavy atom. The van der Waals surface area contributed by atoms with Crippen LogP contribution >= 0.6 is 0 Å². The summed E-state index contributed by atoms with van der Waals surface area (Å²) in [5.74, 6) is -1.29. The molecule has 0 bridgehead atoms. The van der Waals surface area contributed by atoms with E-state index in [2.05, 4.69) is 36.9 Å². The number of benzene rings is 2. The summed E-state index contributed by atoms with van der Waals surface area (Å²) in [6.07, 6.45) is 3.65. The monoisotopic (exact) mass is 408 g/mol. The fraction of sp³-hybridized carbons (Fsp3) is 0.440. The van der Waals surface area contributed by atoms with Crippen LogP contribution in [-0.4, -0.2) is 31.6 Å². The van der Waals surface area contributed by atoms with Gasteiger partial charge in [0.05, 0.1) is 18.1 Å². The lowest BCUT2D eigenvalue weighted by atomic mass is 9.79. The molecule has 1 amide bonds. The van der Waals surface area contributed by atoms with E-state index >= 15 is 0 Å². The molecule has 1 heterocycles. The van der Waals surface area contributed by atoms with Crippen molar-refractivity contribution < 1.29 is 14.3 Å². The molecule has 0 radical (unpaired) electrons. The number of ether oxygens (including phenoxy) is 1. The maximum Gasteiger partial charge on any atom is 0.338 e. The third kappa shape index (κ3) is 4.66. The van der Waals surface area contributed by atoms with Gasteiger partial charge in [0.15, 0.2) is 0 Å². The Kier molecular flexibility index (Phi) is 7.14. The van der Waals surface area contributed by atoms with Crippen LogP contribution in [0, 0.1) is 6.92 Å². The van der Waals surface area contributed by atoms with Gasteiger partial charge in [-0.3, -0.25) is 4.79 Å². The molecule has 2 aromatic carbocycles. The highest BCUT2D eigenvalue weighted by molar-refractivity contribution is 5.90. The van der Waals surface area contributed by atoms with E-state index in [-0.39, 0.29) is 17.8 Å². The van der Waals surface area contributed by atoms with Crippen molar-refractivity contribution in [2.24, 2.45) is 5.73 Å². The van der Waals surface area contributed by atoms with Gasteiger partial charge in [-0.2, -0.15) is 0 Å². The third-order valence-corrected chi connectivity index (χ3v) is 6.04. The van der Waals surface area contributed by atoms with Crippen molar-refractivity contribution >= 4 is 17.6 Å². The van der Waals surface area contributed by atoms with E-state index in [0.29, 0.717) is 12.2 Å². The summed E-state index contributed by atoms with van der Waals surface area (Å²) in [7, 11) is 0. The Morgan fingerprint density at radius 2 is 1.73 bits per heavy atom. The van der Waals surface area contributed by atoms with E-state index in [4.69, 9.17) is 10.5 Å². The number of anilines is 1. The van der Waals surface area contributed by atoms with E-state index in [1.165, 1.54) is 36.1 Å². The van der Waals surface area contributed by atoms with Crippen LogP contribution in [0.3, 0.4) is 0 Å². The molecular formula is C25H32N2O3. The highest BCUT2D eigenvalue weighted by Gasteiger charge is 2.30. The minimum atomic E-state index is -0.481. The average Bonchev–Trinajstić information content (AvgIpc) is 2.74. The number of hydrogen-bond acceptors (Lipinski definition) is 4. The summed E-state index contributed by atoms with van der Waals surface area (Å²) < 4.78 is 5.06. The van der Waals surface area contributed by atoms with E-state index in [1.807, 2.05) is 12.1 Å². The first-order chi connectivity index (χ1) is 14.4. The second kappa shape index (κ2) is 9.79. The van der Waals surface area contributed by atoms with Crippen molar-refractivity contribution in [3.8, 4) is 0 Å². The number of primary amides is 1. The van der Waals surface area contributed by atoms with Crippen molar-refractivity contribution in [2.75, 3.05) is 24.6 Å². The highest BCUT2D eigenvalue weighted by Crippen LogP contribution is 2.40. The quantitative estimate of drug-likeness (QED) is 0.683. The molecule has 2 atom stereocenters. The highest BCUT2D eigenvalue weighted by atomic mass is 16.5. The van der Waals surface area contributed by atoms with Gasteiger partial charge in [-0.05, 0) is 73.9 Å². The molecule has 2 unspecified atom stereocenters. The average molecular weight is 409 g/mol. The molecule has 30 heavy (non-hydrogen) atoms. The van der Waals surface area contributed by atoms with E-state index < -0.39 is 5.92 Å². The molecule has 0 aliphatic carbocycles. The molecule has 2 N–H and O–H groups in total. The lowest BCUT2D eigenvalue weighted by molar-refractivity contribution is -0.119. The fourth-order valence-electron chi connectivity index (χ4n) is 4.58. The van der Waals surface area contributed by atoms with Crippen LogP contribution in [0.15, 0.2) is 42.5 Å². The minimum absolute atomic E-state index is 0.0888. The second-order valence-corrected chi connectivity index (χ2v) is 8.07. The molecule has 2 aromatic rings. The maximum atomic E-state index is 12.6. The van der Waals surface area contributed by atoms with Gasteiger partial charge in [0.25, 0.3) is 0 Å². The lowest BCUT2D eigenvalue weighted by Gasteiger charge is -2.34. The van der Waals surface area contributed by atoms with Gasteiger partial charge in [0.2, 0.25) is 5.91 Å². The Labute approximate surface area is 179 Å². The predicted octanol–water partition coefficient (Wildman–Crippen LogP) is 4.53. The summed E-state index contributed by atoms with van der Waals surface area (Å²) in [4.78, 5) is 26.9. The second-order valence-electron chi connectivity index (χ2n) is 8.07. The van der Waals surface area contributed by atoms with E-state index in [9.17, 15) is 9.59 Å². The van der Waals surface area contributed by atoms with Gasteiger partial charge in [-0.25, -0.2) is 4.79 Å². The number of hydrogen-bond donors (Lipinski definition) is 1. The first-order valence-corrected chi connectivity index (χ1v) is 10.8. The summed E-state index contributed by atoms with van der Waals surface area (Å²) in [5.41, 5.74) is 10.7. The number of carbonyl (C=O) groups is 2. The number of amides is 1. The van der Waals surface area contributed by atoms with Gasteiger partial charge in [0, 0.05) is 18.8 Å². The first kappa shape index (κ1) is 21.9. The molecule has 0 saturated carbocycles. The number of nitrogens with two attached hydrogens (primary N) is 1. The minimum Gasteiger partial charge on any atom is -0.462 e. The Hall–Kier alpha value is -2.82. The molecule has 1 aliphatic rings. The molecule has 1 aliphatic heterocycles. The van der Waals surface area contributed by atoms with Crippen LogP contribution in [0.2, 0.25) is 0 Å². The van der Waals surface area contributed by atoms with Gasteiger partial charge in [-0.15, -0.1) is 0 Å².